The number of benzene rings is 2. The van der Waals surface area contributed by atoms with E-state index in [1.165, 1.54) is 0 Å². The van der Waals surface area contributed by atoms with Gasteiger partial charge in [-0.2, -0.15) is 0 Å². The summed E-state index contributed by atoms with van der Waals surface area (Å²) in [5, 5.41) is 11.5. The van der Waals surface area contributed by atoms with Gasteiger partial charge in [0, 0.05) is 5.02 Å². The lowest BCUT2D eigenvalue weighted by molar-refractivity contribution is 0.208. The fraction of sp³-hybridized carbons (Fsp3) is 0.294. The van der Waals surface area contributed by atoms with E-state index in [1.807, 2.05) is 32.0 Å². The lowest BCUT2D eigenvalue weighted by atomic mass is 9.94. The molecule has 4 heteroatoms. The Morgan fingerprint density at radius 1 is 1.00 bits per heavy atom. The third kappa shape index (κ3) is 2.99. The van der Waals surface area contributed by atoms with Gasteiger partial charge in [0.15, 0.2) is 0 Å². The first-order chi connectivity index (χ1) is 9.99. The Labute approximate surface area is 130 Å². The Kier molecular flexibility index (Phi) is 4.76. The summed E-state index contributed by atoms with van der Waals surface area (Å²) in [6.45, 7) is 3.84. The Morgan fingerprint density at radius 3 is 2.10 bits per heavy atom. The predicted molar refractivity (Wildman–Crippen MR) is 84.5 cm³/mol. The maximum Gasteiger partial charge on any atom is 0.128 e. The molecule has 0 fully saturated rings. The normalized spacial score (nSPS) is 12.1. The molecule has 0 amide bonds. The summed E-state index contributed by atoms with van der Waals surface area (Å²) in [6.07, 6.45) is -0.841. The molecule has 0 aliphatic carbocycles. The van der Waals surface area contributed by atoms with Crippen LogP contribution in [0.4, 0.5) is 0 Å². The molecule has 0 heterocycles. The number of ether oxygens (including phenoxy) is 2. The number of aliphatic hydroxyl groups excluding tert-OH is 1. The minimum absolute atomic E-state index is 0.592. The van der Waals surface area contributed by atoms with E-state index in [2.05, 4.69) is 0 Å². The third-order valence-electron chi connectivity index (χ3n) is 3.58. The molecular weight excluding hydrogens is 288 g/mol. The number of aryl methyl sites for hydroxylation is 2. The maximum absolute atomic E-state index is 10.8. The fourth-order valence-electron chi connectivity index (χ4n) is 2.40. The van der Waals surface area contributed by atoms with E-state index in [1.54, 1.807) is 26.4 Å². The van der Waals surface area contributed by atoms with Crippen molar-refractivity contribution in [2.24, 2.45) is 0 Å². The summed E-state index contributed by atoms with van der Waals surface area (Å²) in [4.78, 5) is 0. The van der Waals surface area contributed by atoms with Crippen LogP contribution in [0.15, 0.2) is 30.3 Å². The van der Waals surface area contributed by atoms with Crippen molar-refractivity contribution in [1.82, 2.24) is 0 Å². The molecule has 0 aromatic heterocycles. The van der Waals surface area contributed by atoms with Gasteiger partial charge in [-0.05, 0) is 48.7 Å². The zero-order chi connectivity index (χ0) is 15.6. The van der Waals surface area contributed by atoms with Crippen molar-refractivity contribution in [2.75, 3.05) is 14.2 Å². The van der Waals surface area contributed by atoms with Gasteiger partial charge < -0.3 is 14.6 Å². The number of aliphatic hydroxyl groups is 1. The van der Waals surface area contributed by atoms with Crippen LogP contribution in [0.2, 0.25) is 5.02 Å². The standard InChI is InChI=1S/C17H19ClO3/c1-10-9-13(18)11(2)8-12(10)17(19)16-14(20-3)6-5-7-15(16)21-4/h5-9,17,19H,1-4H3. The third-order valence-corrected chi connectivity index (χ3v) is 3.99. The summed E-state index contributed by atoms with van der Waals surface area (Å²) in [6, 6.07) is 9.19. The number of halogens is 1. The maximum atomic E-state index is 10.8. The molecule has 1 unspecified atom stereocenters. The lowest BCUT2D eigenvalue weighted by Crippen LogP contribution is -2.07. The number of hydrogen-bond donors (Lipinski definition) is 1. The van der Waals surface area contributed by atoms with E-state index >= 15 is 0 Å². The highest BCUT2D eigenvalue weighted by atomic mass is 35.5. The van der Waals surface area contributed by atoms with E-state index in [0.717, 1.165) is 16.7 Å². The van der Waals surface area contributed by atoms with Crippen LogP contribution in [-0.2, 0) is 0 Å². The van der Waals surface area contributed by atoms with Crippen LogP contribution in [0.25, 0.3) is 0 Å². The molecule has 1 N–H and O–H groups in total. The summed E-state index contributed by atoms with van der Waals surface area (Å²) in [5.74, 6) is 1.18. The van der Waals surface area contributed by atoms with Gasteiger partial charge in [-0.25, -0.2) is 0 Å². The van der Waals surface area contributed by atoms with E-state index in [-0.39, 0.29) is 0 Å². The Morgan fingerprint density at radius 2 is 1.57 bits per heavy atom. The van der Waals surface area contributed by atoms with Gasteiger partial charge in [-0.3, -0.25) is 0 Å². The predicted octanol–water partition coefficient (Wildman–Crippen LogP) is 4.06. The second kappa shape index (κ2) is 6.37. The number of hydrogen-bond acceptors (Lipinski definition) is 3. The van der Waals surface area contributed by atoms with Crippen molar-refractivity contribution in [3.05, 3.63) is 57.6 Å². The van der Waals surface area contributed by atoms with Crippen molar-refractivity contribution in [2.45, 2.75) is 20.0 Å². The van der Waals surface area contributed by atoms with Crippen LogP contribution < -0.4 is 9.47 Å². The van der Waals surface area contributed by atoms with Crippen LogP contribution in [-0.4, -0.2) is 19.3 Å². The van der Waals surface area contributed by atoms with E-state index in [4.69, 9.17) is 21.1 Å². The van der Waals surface area contributed by atoms with Gasteiger partial charge in [-0.1, -0.05) is 23.7 Å². The average molecular weight is 307 g/mol. The second-order valence-electron chi connectivity index (χ2n) is 4.94. The van der Waals surface area contributed by atoms with E-state index < -0.39 is 6.10 Å². The monoisotopic (exact) mass is 306 g/mol. The topological polar surface area (TPSA) is 38.7 Å². The Hall–Kier alpha value is -1.71. The Bertz CT molecular complexity index is 630. The van der Waals surface area contributed by atoms with Gasteiger partial charge in [-0.15, -0.1) is 0 Å². The van der Waals surface area contributed by atoms with Crippen molar-refractivity contribution in [3.8, 4) is 11.5 Å². The zero-order valence-corrected chi connectivity index (χ0v) is 13.4. The summed E-state index contributed by atoms with van der Waals surface area (Å²) < 4.78 is 10.7. The first-order valence-corrected chi connectivity index (χ1v) is 7.03. The van der Waals surface area contributed by atoms with Crippen LogP contribution in [0, 0.1) is 13.8 Å². The van der Waals surface area contributed by atoms with Crippen molar-refractivity contribution in [1.29, 1.82) is 0 Å². The first-order valence-electron chi connectivity index (χ1n) is 6.65. The molecular formula is C17H19ClO3. The summed E-state index contributed by atoms with van der Waals surface area (Å²) >= 11 is 6.12. The highest BCUT2D eigenvalue weighted by Gasteiger charge is 2.22. The highest BCUT2D eigenvalue weighted by Crippen LogP contribution is 2.39. The molecule has 112 valence electrons. The van der Waals surface area contributed by atoms with Gasteiger partial charge in [0.2, 0.25) is 0 Å². The first kappa shape index (κ1) is 15.7. The van der Waals surface area contributed by atoms with Crippen LogP contribution in [0.3, 0.4) is 0 Å². The quantitative estimate of drug-likeness (QED) is 0.926. The average Bonchev–Trinajstić information content (AvgIpc) is 2.49. The molecule has 0 saturated heterocycles. The van der Waals surface area contributed by atoms with E-state index in [9.17, 15) is 5.11 Å². The van der Waals surface area contributed by atoms with Crippen molar-refractivity contribution >= 4 is 11.6 Å². The zero-order valence-electron chi connectivity index (χ0n) is 12.6. The van der Waals surface area contributed by atoms with Crippen molar-refractivity contribution < 1.29 is 14.6 Å². The van der Waals surface area contributed by atoms with Gasteiger partial charge in [0.25, 0.3) is 0 Å². The van der Waals surface area contributed by atoms with Gasteiger partial charge >= 0.3 is 0 Å². The Balaban J connectivity index is 2.59. The molecule has 3 nitrogen and oxygen atoms in total. The number of methoxy groups -OCH3 is 2. The fourth-order valence-corrected chi connectivity index (χ4v) is 2.62. The summed E-state index contributed by atoms with van der Waals surface area (Å²) in [7, 11) is 3.15. The second-order valence-corrected chi connectivity index (χ2v) is 5.34. The SMILES string of the molecule is COc1cccc(OC)c1C(O)c1cc(C)c(Cl)cc1C. The largest absolute Gasteiger partial charge is 0.496 e. The molecule has 2 aromatic rings. The molecule has 2 aromatic carbocycles. The molecule has 21 heavy (non-hydrogen) atoms. The van der Waals surface area contributed by atoms with Crippen LogP contribution >= 0.6 is 11.6 Å². The highest BCUT2D eigenvalue weighted by molar-refractivity contribution is 6.31. The molecule has 0 aliphatic rings. The van der Waals surface area contributed by atoms with Crippen LogP contribution in [0.1, 0.15) is 28.4 Å². The summed E-state index contributed by atoms with van der Waals surface area (Å²) in [5.41, 5.74) is 3.25. The minimum Gasteiger partial charge on any atom is -0.496 e. The molecule has 0 spiro atoms. The molecule has 0 aliphatic heterocycles. The van der Waals surface area contributed by atoms with E-state index in [0.29, 0.717) is 22.1 Å². The molecule has 0 radical (unpaired) electrons. The number of rotatable bonds is 4. The van der Waals surface area contributed by atoms with Crippen LogP contribution in [0.5, 0.6) is 11.5 Å². The lowest BCUT2D eigenvalue weighted by Gasteiger charge is -2.20. The van der Waals surface area contributed by atoms with Crippen molar-refractivity contribution in [3.63, 3.8) is 0 Å². The van der Waals surface area contributed by atoms with Gasteiger partial charge in [0.1, 0.15) is 17.6 Å². The smallest absolute Gasteiger partial charge is 0.128 e. The molecule has 2 rings (SSSR count). The molecule has 1 atom stereocenters. The minimum atomic E-state index is -0.841. The molecule has 0 bridgehead atoms. The van der Waals surface area contributed by atoms with Gasteiger partial charge in [0.05, 0.1) is 19.8 Å². The molecule has 0 saturated carbocycles.